The first-order valence-electron chi connectivity index (χ1n) is 7.19. The molecule has 1 aliphatic rings. The lowest BCUT2D eigenvalue weighted by Crippen LogP contribution is -2.31. The van der Waals surface area contributed by atoms with Crippen molar-refractivity contribution in [1.82, 2.24) is 5.32 Å². The standard InChI is InChI=1S/C17H24ClFN2/c1-6-7-12(16(19)11(2)18)14-10-21-15(13(14)9-20)8-17(3,4)5/h6-7,13-15,21H,1,8,10H2,2-5H3/b12-7-,16-11-. The average Bonchev–Trinajstić information content (AvgIpc) is 2.75. The van der Waals surface area contributed by atoms with Crippen molar-refractivity contribution in [1.29, 1.82) is 5.26 Å². The first kappa shape index (κ1) is 17.9. The van der Waals surface area contributed by atoms with Crippen LogP contribution in [0.25, 0.3) is 0 Å². The fourth-order valence-electron chi connectivity index (χ4n) is 2.84. The average molecular weight is 311 g/mol. The van der Waals surface area contributed by atoms with Crippen LogP contribution in [0.15, 0.2) is 35.2 Å². The van der Waals surface area contributed by atoms with Crippen molar-refractivity contribution in [3.05, 3.63) is 35.2 Å². The molecule has 0 aromatic rings. The highest BCUT2D eigenvalue weighted by Gasteiger charge is 2.40. The van der Waals surface area contributed by atoms with Gasteiger partial charge in [0.25, 0.3) is 0 Å². The Morgan fingerprint density at radius 1 is 1.52 bits per heavy atom. The molecule has 1 rings (SSSR count). The van der Waals surface area contributed by atoms with Gasteiger partial charge in [0.1, 0.15) is 5.83 Å². The molecule has 1 heterocycles. The van der Waals surface area contributed by atoms with Crippen molar-refractivity contribution in [3.63, 3.8) is 0 Å². The molecule has 2 nitrogen and oxygen atoms in total. The van der Waals surface area contributed by atoms with Gasteiger partial charge in [0.2, 0.25) is 0 Å². The predicted octanol–water partition coefficient (Wildman–Crippen LogP) is 4.70. The maximum absolute atomic E-state index is 14.3. The van der Waals surface area contributed by atoms with Crippen LogP contribution in [0.1, 0.15) is 34.1 Å². The van der Waals surface area contributed by atoms with Gasteiger partial charge < -0.3 is 5.32 Å². The van der Waals surface area contributed by atoms with E-state index in [1.807, 2.05) is 0 Å². The third-order valence-electron chi connectivity index (χ3n) is 3.70. The van der Waals surface area contributed by atoms with Gasteiger partial charge in [-0.3, -0.25) is 0 Å². The summed E-state index contributed by atoms with van der Waals surface area (Å²) in [7, 11) is 0. The zero-order valence-corrected chi connectivity index (χ0v) is 14.0. The van der Waals surface area contributed by atoms with Gasteiger partial charge >= 0.3 is 0 Å². The van der Waals surface area contributed by atoms with E-state index in [0.29, 0.717) is 12.1 Å². The van der Waals surface area contributed by atoms with Crippen LogP contribution in [-0.4, -0.2) is 12.6 Å². The van der Waals surface area contributed by atoms with Gasteiger partial charge in [-0.15, -0.1) is 0 Å². The molecule has 3 unspecified atom stereocenters. The Labute approximate surface area is 132 Å². The summed E-state index contributed by atoms with van der Waals surface area (Å²) in [4.78, 5) is 0. The summed E-state index contributed by atoms with van der Waals surface area (Å²) >= 11 is 5.80. The number of nitrogens with zero attached hydrogens (tertiary/aromatic N) is 1. The van der Waals surface area contributed by atoms with Crippen molar-refractivity contribution < 1.29 is 4.39 Å². The molecule has 1 N–H and O–H groups in total. The molecule has 0 amide bonds. The lowest BCUT2D eigenvalue weighted by Gasteiger charge is -2.26. The minimum absolute atomic E-state index is 0.0663. The van der Waals surface area contributed by atoms with E-state index in [1.165, 1.54) is 6.92 Å². The van der Waals surface area contributed by atoms with Crippen molar-refractivity contribution in [2.24, 2.45) is 17.3 Å². The molecule has 4 heteroatoms. The summed E-state index contributed by atoms with van der Waals surface area (Å²) in [6.45, 7) is 12.1. The molecule has 3 atom stereocenters. The molecule has 0 bridgehead atoms. The molecular formula is C17H24ClFN2. The van der Waals surface area contributed by atoms with Gasteiger partial charge in [0, 0.05) is 18.5 Å². The topological polar surface area (TPSA) is 35.8 Å². The second-order valence-corrected chi connectivity index (χ2v) is 7.31. The van der Waals surface area contributed by atoms with E-state index < -0.39 is 5.83 Å². The molecule has 0 saturated carbocycles. The Kier molecular flexibility index (Phi) is 6.19. The first-order valence-corrected chi connectivity index (χ1v) is 7.57. The van der Waals surface area contributed by atoms with Crippen LogP contribution in [0.4, 0.5) is 4.39 Å². The Morgan fingerprint density at radius 3 is 2.57 bits per heavy atom. The van der Waals surface area contributed by atoms with E-state index in [0.717, 1.165) is 6.42 Å². The minimum atomic E-state index is -0.444. The van der Waals surface area contributed by atoms with E-state index in [4.69, 9.17) is 11.6 Å². The number of rotatable bonds is 4. The zero-order valence-electron chi connectivity index (χ0n) is 13.2. The summed E-state index contributed by atoms with van der Waals surface area (Å²) in [6, 6.07) is 2.42. The molecule has 1 aliphatic heterocycles. The third kappa shape index (κ3) is 4.69. The number of hydrogen-bond acceptors (Lipinski definition) is 2. The van der Waals surface area contributed by atoms with Crippen LogP contribution in [0.5, 0.6) is 0 Å². The van der Waals surface area contributed by atoms with Crippen LogP contribution >= 0.6 is 11.6 Å². The van der Waals surface area contributed by atoms with E-state index in [1.54, 1.807) is 12.2 Å². The van der Waals surface area contributed by atoms with Gasteiger partial charge in [-0.1, -0.05) is 51.1 Å². The van der Waals surface area contributed by atoms with Gasteiger partial charge in [0.05, 0.1) is 17.0 Å². The van der Waals surface area contributed by atoms with Crippen molar-refractivity contribution in [3.8, 4) is 6.07 Å². The summed E-state index contributed by atoms with van der Waals surface area (Å²) in [6.07, 6.45) is 4.03. The fraction of sp³-hybridized carbons (Fsp3) is 0.588. The Balaban J connectivity index is 3.08. The molecule has 0 aromatic carbocycles. The Hall–Kier alpha value is -1.11. The SMILES string of the molecule is C=C/C=C(\C(F)=C(/C)Cl)C1CNC(CC(C)(C)C)C1C#N. The molecular weight excluding hydrogens is 287 g/mol. The summed E-state index contributed by atoms with van der Waals surface area (Å²) in [5.74, 6) is -0.911. The molecule has 1 fully saturated rings. The van der Waals surface area contributed by atoms with Crippen LogP contribution in [0.3, 0.4) is 0 Å². The normalized spacial score (nSPS) is 28.0. The number of allylic oxidation sites excluding steroid dienone is 4. The second kappa shape index (κ2) is 7.24. The quantitative estimate of drug-likeness (QED) is 0.764. The Bertz CT molecular complexity index is 490. The van der Waals surface area contributed by atoms with Crippen molar-refractivity contribution >= 4 is 11.6 Å². The van der Waals surface area contributed by atoms with Crippen molar-refractivity contribution in [2.45, 2.75) is 40.2 Å². The maximum atomic E-state index is 14.3. The maximum Gasteiger partial charge on any atom is 0.140 e. The van der Waals surface area contributed by atoms with Gasteiger partial charge in [-0.25, -0.2) is 4.39 Å². The summed E-state index contributed by atoms with van der Waals surface area (Å²) in [5.41, 5.74) is 0.578. The van der Waals surface area contributed by atoms with Crippen LogP contribution < -0.4 is 5.32 Å². The largest absolute Gasteiger partial charge is 0.312 e. The number of nitrogens with one attached hydrogen (secondary N) is 1. The molecule has 0 aliphatic carbocycles. The number of nitriles is 1. The van der Waals surface area contributed by atoms with E-state index in [2.05, 4.69) is 38.7 Å². The predicted molar refractivity (Wildman–Crippen MR) is 86.4 cm³/mol. The summed E-state index contributed by atoms with van der Waals surface area (Å²) < 4.78 is 14.3. The smallest absolute Gasteiger partial charge is 0.140 e. The van der Waals surface area contributed by atoms with Crippen LogP contribution in [0, 0.1) is 28.6 Å². The minimum Gasteiger partial charge on any atom is -0.312 e. The fourth-order valence-corrected chi connectivity index (χ4v) is 2.95. The number of hydrogen-bond donors (Lipinski definition) is 1. The lowest BCUT2D eigenvalue weighted by molar-refractivity contribution is 0.300. The molecule has 0 aromatic heterocycles. The second-order valence-electron chi connectivity index (χ2n) is 6.75. The molecule has 116 valence electrons. The van der Waals surface area contributed by atoms with Crippen LogP contribution in [-0.2, 0) is 0 Å². The van der Waals surface area contributed by atoms with E-state index >= 15 is 0 Å². The monoisotopic (exact) mass is 310 g/mol. The molecule has 21 heavy (non-hydrogen) atoms. The van der Waals surface area contributed by atoms with Crippen molar-refractivity contribution in [2.75, 3.05) is 6.54 Å². The zero-order chi connectivity index (χ0) is 16.2. The molecule has 1 saturated heterocycles. The lowest BCUT2D eigenvalue weighted by atomic mass is 9.79. The van der Waals surface area contributed by atoms with E-state index in [9.17, 15) is 9.65 Å². The highest BCUT2D eigenvalue weighted by Crippen LogP contribution is 2.38. The third-order valence-corrected chi connectivity index (χ3v) is 3.87. The van der Waals surface area contributed by atoms with Crippen LogP contribution in [0.2, 0.25) is 0 Å². The summed E-state index contributed by atoms with van der Waals surface area (Å²) in [5, 5.41) is 13.0. The van der Waals surface area contributed by atoms with Gasteiger partial charge in [-0.2, -0.15) is 5.26 Å². The van der Waals surface area contributed by atoms with Gasteiger partial charge in [-0.05, 0) is 24.3 Å². The highest BCUT2D eigenvalue weighted by atomic mass is 35.5. The Morgan fingerprint density at radius 2 is 2.14 bits per heavy atom. The molecule has 0 spiro atoms. The van der Waals surface area contributed by atoms with E-state index in [-0.39, 0.29) is 28.3 Å². The molecule has 0 radical (unpaired) electrons. The highest BCUT2D eigenvalue weighted by molar-refractivity contribution is 6.29. The first-order chi connectivity index (χ1) is 9.71. The number of halogens is 2. The van der Waals surface area contributed by atoms with Gasteiger partial charge in [0.15, 0.2) is 0 Å².